The highest BCUT2D eigenvalue weighted by Gasteiger charge is 2.16. The summed E-state index contributed by atoms with van der Waals surface area (Å²) in [4.78, 5) is 14.4. The van der Waals surface area contributed by atoms with Crippen molar-refractivity contribution in [1.29, 1.82) is 0 Å². The van der Waals surface area contributed by atoms with Crippen LogP contribution in [0.15, 0.2) is 18.2 Å². The molecule has 5 heteroatoms. The van der Waals surface area contributed by atoms with E-state index in [1.54, 1.807) is 26.4 Å². The number of likely N-dealkylation sites (tertiary alicyclic amines) is 1. The first-order valence-electron chi connectivity index (χ1n) is 7.86. The minimum absolute atomic E-state index is 0.0332. The van der Waals surface area contributed by atoms with Gasteiger partial charge in [-0.1, -0.05) is 6.92 Å². The van der Waals surface area contributed by atoms with Crippen LogP contribution in [0.3, 0.4) is 0 Å². The number of carbonyl (C=O) groups is 1. The highest BCUT2D eigenvalue weighted by molar-refractivity contribution is 5.91. The second kappa shape index (κ2) is 8.03. The Hall–Kier alpha value is -1.75. The third-order valence-corrected chi connectivity index (χ3v) is 4.20. The molecule has 1 aromatic rings. The Kier molecular flexibility index (Phi) is 6.07. The zero-order chi connectivity index (χ0) is 15.9. The van der Waals surface area contributed by atoms with Gasteiger partial charge in [0.05, 0.1) is 14.2 Å². The molecule has 1 aromatic carbocycles. The molecule has 0 saturated carbocycles. The van der Waals surface area contributed by atoms with Gasteiger partial charge < -0.3 is 19.7 Å². The van der Waals surface area contributed by atoms with E-state index >= 15 is 0 Å². The van der Waals surface area contributed by atoms with Crippen LogP contribution in [-0.2, 0) is 4.79 Å². The first-order valence-corrected chi connectivity index (χ1v) is 7.86. The molecule has 22 heavy (non-hydrogen) atoms. The molecule has 2 rings (SSSR count). The molecule has 0 spiro atoms. The third kappa shape index (κ3) is 4.63. The lowest BCUT2D eigenvalue weighted by molar-refractivity contribution is -0.116. The molecule has 0 aromatic heterocycles. The van der Waals surface area contributed by atoms with Gasteiger partial charge in [-0.25, -0.2) is 0 Å². The molecule has 0 unspecified atom stereocenters. The number of rotatable bonds is 6. The predicted octanol–water partition coefficient (Wildman–Crippen LogP) is 2.76. The molecule has 1 heterocycles. The normalized spacial score (nSPS) is 16.3. The molecular weight excluding hydrogens is 280 g/mol. The maximum Gasteiger partial charge on any atom is 0.225 e. The van der Waals surface area contributed by atoms with Crippen molar-refractivity contribution in [3.05, 3.63) is 18.2 Å². The van der Waals surface area contributed by atoms with Crippen LogP contribution < -0.4 is 14.8 Å². The molecular formula is C17H26N2O3. The maximum atomic E-state index is 12.1. The summed E-state index contributed by atoms with van der Waals surface area (Å²) in [6.45, 7) is 5.32. The second-order valence-electron chi connectivity index (χ2n) is 5.89. The third-order valence-electron chi connectivity index (χ3n) is 4.20. The number of methoxy groups -OCH3 is 2. The van der Waals surface area contributed by atoms with Gasteiger partial charge >= 0.3 is 0 Å². The van der Waals surface area contributed by atoms with E-state index in [1.807, 2.05) is 6.07 Å². The quantitative estimate of drug-likeness (QED) is 0.878. The number of ether oxygens (including phenoxy) is 2. The molecule has 0 bridgehead atoms. The number of amides is 1. The fraction of sp³-hybridized carbons (Fsp3) is 0.588. The molecule has 1 N–H and O–H groups in total. The Morgan fingerprint density at radius 1 is 1.23 bits per heavy atom. The molecule has 1 fully saturated rings. The number of piperidine rings is 1. The summed E-state index contributed by atoms with van der Waals surface area (Å²) in [7, 11) is 3.18. The zero-order valence-corrected chi connectivity index (χ0v) is 13.7. The monoisotopic (exact) mass is 306 g/mol. The van der Waals surface area contributed by atoms with Crippen molar-refractivity contribution in [3.63, 3.8) is 0 Å². The number of hydrogen-bond acceptors (Lipinski definition) is 4. The van der Waals surface area contributed by atoms with Crippen LogP contribution in [0, 0.1) is 5.92 Å². The highest BCUT2D eigenvalue weighted by Crippen LogP contribution is 2.29. The Bertz CT molecular complexity index is 497. The summed E-state index contributed by atoms with van der Waals surface area (Å²) in [5.41, 5.74) is 0.731. The summed E-state index contributed by atoms with van der Waals surface area (Å²) in [6.07, 6.45) is 2.98. The summed E-state index contributed by atoms with van der Waals surface area (Å²) < 4.78 is 10.4. The Morgan fingerprint density at radius 2 is 1.91 bits per heavy atom. The molecule has 1 aliphatic rings. The van der Waals surface area contributed by atoms with Gasteiger partial charge in [-0.05, 0) is 44.0 Å². The fourth-order valence-electron chi connectivity index (χ4n) is 2.68. The van der Waals surface area contributed by atoms with Crippen LogP contribution in [0.2, 0.25) is 0 Å². The van der Waals surface area contributed by atoms with Crippen LogP contribution in [-0.4, -0.2) is 44.7 Å². The zero-order valence-electron chi connectivity index (χ0n) is 13.7. The fourth-order valence-corrected chi connectivity index (χ4v) is 2.68. The van der Waals surface area contributed by atoms with Crippen molar-refractivity contribution in [1.82, 2.24) is 4.90 Å². The smallest absolute Gasteiger partial charge is 0.225 e. The lowest BCUT2D eigenvalue weighted by atomic mass is 9.99. The first-order chi connectivity index (χ1) is 10.6. The van der Waals surface area contributed by atoms with Crippen molar-refractivity contribution >= 4 is 11.6 Å². The van der Waals surface area contributed by atoms with Crippen molar-refractivity contribution in [2.75, 3.05) is 39.2 Å². The highest BCUT2D eigenvalue weighted by atomic mass is 16.5. The van der Waals surface area contributed by atoms with Gasteiger partial charge in [-0.15, -0.1) is 0 Å². The van der Waals surface area contributed by atoms with E-state index in [-0.39, 0.29) is 5.91 Å². The SMILES string of the molecule is COc1ccc(NC(=O)CCN2CCC(C)CC2)cc1OC. The van der Waals surface area contributed by atoms with Gasteiger partial charge in [0.15, 0.2) is 11.5 Å². The molecule has 5 nitrogen and oxygen atoms in total. The standard InChI is InChI=1S/C17H26N2O3/c1-13-6-9-19(10-7-13)11-8-17(20)18-14-4-5-15(21-2)16(12-14)22-3/h4-5,12-13H,6-11H2,1-3H3,(H,18,20). The van der Waals surface area contributed by atoms with E-state index < -0.39 is 0 Å². The number of anilines is 1. The topological polar surface area (TPSA) is 50.8 Å². The maximum absolute atomic E-state index is 12.1. The van der Waals surface area contributed by atoms with Gasteiger partial charge in [0.1, 0.15) is 0 Å². The minimum Gasteiger partial charge on any atom is -0.493 e. The van der Waals surface area contributed by atoms with Gasteiger partial charge in [-0.3, -0.25) is 4.79 Å². The average Bonchev–Trinajstić information content (AvgIpc) is 2.54. The molecule has 0 aliphatic carbocycles. The molecule has 0 atom stereocenters. The number of nitrogens with one attached hydrogen (secondary N) is 1. The van der Waals surface area contributed by atoms with Gasteiger partial charge in [0.2, 0.25) is 5.91 Å². The Morgan fingerprint density at radius 3 is 2.55 bits per heavy atom. The number of carbonyl (C=O) groups excluding carboxylic acids is 1. The average molecular weight is 306 g/mol. The van der Waals surface area contributed by atoms with E-state index in [4.69, 9.17) is 9.47 Å². The lowest BCUT2D eigenvalue weighted by Crippen LogP contribution is -2.35. The van der Waals surface area contributed by atoms with Crippen LogP contribution in [0.4, 0.5) is 5.69 Å². The van der Waals surface area contributed by atoms with Gasteiger partial charge in [-0.2, -0.15) is 0 Å². The molecule has 1 amide bonds. The Balaban J connectivity index is 1.81. The van der Waals surface area contributed by atoms with Crippen molar-refractivity contribution < 1.29 is 14.3 Å². The summed E-state index contributed by atoms with van der Waals surface area (Å²) in [5, 5.41) is 2.92. The van der Waals surface area contributed by atoms with Gasteiger partial charge in [0, 0.05) is 24.7 Å². The summed E-state index contributed by atoms with van der Waals surface area (Å²) >= 11 is 0. The van der Waals surface area contributed by atoms with Crippen molar-refractivity contribution in [3.8, 4) is 11.5 Å². The predicted molar refractivity (Wildman–Crippen MR) is 87.6 cm³/mol. The summed E-state index contributed by atoms with van der Waals surface area (Å²) in [6, 6.07) is 5.39. The number of nitrogens with zero attached hydrogens (tertiary/aromatic N) is 1. The van der Waals surface area contributed by atoms with Crippen LogP contribution in [0.25, 0.3) is 0 Å². The number of hydrogen-bond donors (Lipinski definition) is 1. The van der Waals surface area contributed by atoms with Crippen LogP contribution in [0.5, 0.6) is 11.5 Å². The minimum atomic E-state index is 0.0332. The van der Waals surface area contributed by atoms with Gasteiger partial charge in [0.25, 0.3) is 0 Å². The molecule has 1 saturated heterocycles. The number of benzene rings is 1. The molecule has 122 valence electrons. The van der Waals surface area contributed by atoms with E-state index in [1.165, 1.54) is 12.8 Å². The summed E-state index contributed by atoms with van der Waals surface area (Å²) in [5.74, 6) is 2.12. The lowest BCUT2D eigenvalue weighted by Gasteiger charge is -2.29. The van der Waals surface area contributed by atoms with Crippen molar-refractivity contribution in [2.45, 2.75) is 26.2 Å². The first kappa shape index (κ1) is 16.6. The van der Waals surface area contributed by atoms with E-state index in [0.29, 0.717) is 17.9 Å². The van der Waals surface area contributed by atoms with Crippen LogP contribution in [0.1, 0.15) is 26.2 Å². The molecule has 1 aliphatic heterocycles. The van der Waals surface area contributed by atoms with E-state index in [2.05, 4.69) is 17.1 Å². The second-order valence-corrected chi connectivity index (χ2v) is 5.89. The largest absolute Gasteiger partial charge is 0.493 e. The Labute approximate surface area is 132 Å². The molecule has 0 radical (unpaired) electrons. The van der Waals surface area contributed by atoms with E-state index in [0.717, 1.165) is 31.2 Å². The van der Waals surface area contributed by atoms with E-state index in [9.17, 15) is 4.79 Å². The van der Waals surface area contributed by atoms with Crippen LogP contribution >= 0.6 is 0 Å². The van der Waals surface area contributed by atoms with Crippen molar-refractivity contribution in [2.24, 2.45) is 5.92 Å².